The molecule has 8 nitrogen and oxygen atoms in total. The van der Waals surface area contributed by atoms with Crippen molar-refractivity contribution >= 4 is 17.2 Å². The summed E-state index contributed by atoms with van der Waals surface area (Å²) in [5.74, 6) is 1.64. The molecular formula is C19H21N3O5S. The van der Waals surface area contributed by atoms with Crippen LogP contribution in [0.3, 0.4) is 0 Å². The average Bonchev–Trinajstić information content (AvgIpc) is 3.41. The highest BCUT2D eigenvalue weighted by molar-refractivity contribution is 7.13. The van der Waals surface area contributed by atoms with Crippen molar-refractivity contribution in [2.45, 2.75) is 6.54 Å². The number of hydrogen-bond acceptors (Lipinski definition) is 8. The zero-order valence-corrected chi connectivity index (χ0v) is 16.5. The maximum absolute atomic E-state index is 12.7. The molecule has 0 unspecified atom stereocenters. The first-order chi connectivity index (χ1) is 13.7. The Morgan fingerprint density at radius 3 is 2.68 bits per heavy atom. The highest BCUT2D eigenvalue weighted by Crippen LogP contribution is 2.26. The fourth-order valence-corrected chi connectivity index (χ4v) is 3.09. The van der Waals surface area contributed by atoms with Crippen molar-refractivity contribution in [2.75, 3.05) is 34.0 Å². The van der Waals surface area contributed by atoms with Crippen molar-refractivity contribution in [3.8, 4) is 22.3 Å². The molecule has 1 aromatic carbocycles. The van der Waals surface area contributed by atoms with Gasteiger partial charge >= 0.3 is 0 Å². The van der Waals surface area contributed by atoms with Crippen LogP contribution in [-0.4, -0.2) is 55.0 Å². The third-order valence-electron chi connectivity index (χ3n) is 3.86. The lowest BCUT2D eigenvalue weighted by Crippen LogP contribution is -2.37. The van der Waals surface area contributed by atoms with E-state index in [9.17, 15) is 4.79 Å². The summed E-state index contributed by atoms with van der Waals surface area (Å²) in [4.78, 5) is 15.1. The van der Waals surface area contributed by atoms with Crippen molar-refractivity contribution in [3.63, 3.8) is 0 Å². The Morgan fingerprint density at radius 2 is 1.96 bits per heavy atom. The van der Waals surface area contributed by atoms with Gasteiger partial charge in [-0.3, -0.25) is 4.79 Å². The number of ether oxygens (including phenoxy) is 3. The first-order valence-electron chi connectivity index (χ1n) is 8.60. The maximum Gasteiger partial charge on any atom is 0.261 e. The van der Waals surface area contributed by atoms with Gasteiger partial charge in [0.1, 0.15) is 0 Å². The lowest BCUT2D eigenvalue weighted by atomic mass is 10.3. The molecule has 0 radical (unpaired) electrons. The highest BCUT2D eigenvalue weighted by Gasteiger charge is 2.19. The summed E-state index contributed by atoms with van der Waals surface area (Å²) < 4.78 is 21.6. The number of hydrogen-bond donors (Lipinski definition) is 0. The zero-order chi connectivity index (χ0) is 19.8. The molecule has 0 N–H and O–H groups in total. The number of benzene rings is 1. The number of nitrogens with zero attached hydrogens (tertiary/aromatic N) is 3. The predicted octanol–water partition coefficient (Wildman–Crippen LogP) is 2.86. The number of aromatic nitrogens is 2. The van der Waals surface area contributed by atoms with Gasteiger partial charge in [0.05, 0.1) is 25.1 Å². The predicted molar refractivity (Wildman–Crippen MR) is 103 cm³/mol. The van der Waals surface area contributed by atoms with E-state index in [1.54, 1.807) is 31.3 Å². The van der Waals surface area contributed by atoms with Crippen LogP contribution in [0.5, 0.6) is 11.5 Å². The monoisotopic (exact) mass is 403 g/mol. The molecule has 0 aliphatic rings. The Labute approximate surface area is 166 Å². The smallest absolute Gasteiger partial charge is 0.261 e. The Balaban J connectivity index is 1.64. The Hall–Kier alpha value is -2.91. The molecule has 0 spiro atoms. The Kier molecular flexibility index (Phi) is 6.99. The van der Waals surface area contributed by atoms with Gasteiger partial charge in [0.25, 0.3) is 11.8 Å². The van der Waals surface area contributed by atoms with Gasteiger partial charge in [0.15, 0.2) is 18.1 Å². The van der Waals surface area contributed by atoms with E-state index in [2.05, 4.69) is 10.2 Å². The average molecular weight is 403 g/mol. The van der Waals surface area contributed by atoms with E-state index in [0.29, 0.717) is 36.4 Å². The molecule has 9 heteroatoms. The van der Waals surface area contributed by atoms with Gasteiger partial charge in [-0.25, -0.2) is 0 Å². The minimum Gasteiger partial charge on any atom is -0.493 e. The van der Waals surface area contributed by atoms with E-state index in [4.69, 9.17) is 18.6 Å². The second-order valence-corrected chi connectivity index (χ2v) is 6.67. The van der Waals surface area contributed by atoms with Crippen LogP contribution < -0.4 is 9.47 Å². The molecule has 0 fully saturated rings. The molecule has 1 amide bonds. The number of amides is 1. The lowest BCUT2D eigenvalue weighted by Gasteiger charge is -2.21. The topological polar surface area (TPSA) is 86.9 Å². The molecule has 3 aromatic rings. The fraction of sp³-hybridized carbons (Fsp3) is 0.316. The molecule has 148 valence electrons. The molecule has 0 saturated carbocycles. The van der Waals surface area contributed by atoms with E-state index < -0.39 is 0 Å². The van der Waals surface area contributed by atoms with Crippen LogP contribution in [0.4, 0.5) is 0 Å². The summed E-state index contributed by atoms with van der Waals surface area (Å²) >= 11 is 1.51. The first-order valence-corrected chi connectivity index (χ1v) is 9.48. The summed E-state index contributed by atoms with van der Waals surface area (Å²) in [5.41, 5.74) is 0. The van der Waals surface area contributed by atoms with Crippen molar-refractivity contribution in [2.24, 2.45) is 0 Å². The van der Waals surface area contributed by atoms with Gasteiger partial charge in [0.2, 0.25) is 5.89 Å². The molecule has 0 aliphatic carbocycles. The standard InChI is InChI=1S/C19H21N3O5S/c1-24-10-9-22(12-17-20-21-19(27-17)16-8-5-11-28-16)18(23)13-26-15-7-4-3-6-14(15)25-2/h3-8,11H,9-10,12-13H2,1-2H3. The quantitative estimate of drug-likeness (QED) is 0.514. The number of thiophene rings is 1. The van der Waals surface area contributed by atoms with Crippen LogP contribution in [0.15, 0.2) is 46.2 Å². The van der Waals surface area contributed by atoms with E-state index in [-0.39, 0.29) is 19.1 Å². The van der Waals surface area contributed by atoms with Crippen LogP contribution in [0.2, 0.25) is 0 Å². The van der Waals surface area contributed by atoms with Crippen molar-refractivity contribution in [1.29, 1.82) is 0 Å². The second-order valence-electron chi connectivity index (χ2n) is 5.73. The summed E-state index contributed by atoms with van der Waals surface area (Å²) in [6.07, 6.45) is 0. The van der Waals surface area contributed by atoms with Crippen molar-refractivity contribution in [1.82, 2.24) is 15.1 Å². The lowest BCUT2D eigenvalue weighted by molar-refractivity contribution is -0.135. The zero-order valence-electron chi connectivity index (χ0n) is 15.7. The van der Waals surface area contributed by atoms with Crippen LogP contribution in [0.25, 0.3) is 10.8 Å². The molecule has 0 bridgehead atoms. The Bertz CT molecular complexity index is 881. The van der Waals surface area contributed by atoms with Gasteiger partial charge in [0, 0.05) is 13.7 Å². The Morgan fingerprint density at radius 1 is 1.14 bits per heavy atom. The summed E-state index contributed by atoms with van der Waals surface area (Å²) in [5, 5.41) is 10.0. The number of methoxy groups -OCH3 is 2. The highest BCUT2D eigenvalue weighted by atomic mass is 32.1. The molecule has 0 saturated heterocycles. The van der Waals surface area contributed by atoms with E-state index in [1.807, 2.05) is 29.6 Å². The molecule has 0 atom stereocenters. The van der Waals surface area contributed by atoms with Gasteiger partial charge in [-0.15, -0.1) is 21.5 Å². The van der Waals surface area contributed by atoms with Gasteiger partial charge in [-0.1, -0.05) is 18.2 Å². The van der Waals surface area contributed by atoms with Crippen LogP contribution in [0.1, 0.15) is 5.89 Å². The number of carbonyl (C=O) groups is 1. The molecule has 3 rings (SSSR count). The van der Waals surface area contributed by atoms with Gasteiger partial charge in [-0.05, 0) is 23.6 Å². The third-order valence-corrected chi connectivity index (χ3v) is 4.72. The minimum atomic E-state index is -0.223. The summed E-state index contributed by atoms with van der Waals surface area (Å²) in [7, 11) is 3.13. The molecule has 28 heavy (non-hydrogen) atoms. The van der Waals surface area contributed by atoms with Crippen molar-refractivity contribution in [3.05, 3.63) is 47.7 Å². The van der Waals surface area contributed by atoms with Gasteiger partial charge < -0.3 is 23.5 Å². The number of rotatable bonds is 10. The van der Waals surface area contributed by atoms with Crippen LogP contribution >= 0.6 is 11.3 Å². The molecule has 2 aromatic heterocycles. The van der Waals surface area contributed by atoms with Crippen LogP contribution in [0, 0.1) is 0 Å². The fourth-order valence-electron chi connectivity index (χ4n) is 2.44. The third kappa shape index (κ3) is 5.08. The van der Waals surface area contributed by atoms with E-state index >= 15 is 0 Å². The second kappa shape index (κ2) is 9.86. The molecular weight excluding hydrogens is 382 g/mol. The van der Waals surface area contributed by atoms with Crippen LogP contribution in [-0.2, 0) is 16.1 Å². The SMILES string of the molecule is COCCN(Cc1nnc(-c2cccs2)o1)C(=O)COc1ccccc1OC. The van der Waals surface area contributed by atoms with E-state index in [0.717, 1.165) is 4.88 Å². The molecule has 2 heterocycles. The van der Waals surface area contributed by atoms with E-state index in [1.165, 1.54) is 11.3 Å². The first kappa shape index (κ1) is 19.8. The largest absolute Gasteiger partial charge is 0.493 e. The number of para-hydroxylation sites is 2. The normalized spacial score (nSPS) is 10.6. The maximum atomic E-state index is 12.7. The van der Waals surface area contributed by atoms with Gasteiger partial charge in [-0.2, -0.15) is 0 Å². The van der Waals surface area contributed by atoms with Crippen molar-refractivity contribution < 1.29 is 23.4 Å². The minimum absolute atomic E-state index is 0.143. The molecule has 0 aliphatic heterocycles. The summed E-state index contributed by atoms with van der Waals surface area (Å²) in [6.45, 7) is 0.791. The summed E-state index contributed by atoms with van der Waals surface area (Å²) in [6, 6.07) is 11.0. The number of carbonyl (C=O) groups excluding carboxylic acids is 1.